The molecule has 1 aromatic heterocycles. The van der Waals surface area contributed by atoms with Crippen LogP contribution in [0.15, 0.2) is 6.07 Å². The van der Waals surface area contributed by atoms with Gasteiger partial charge < -0.3 is 15.0 Å². The number of aryl methyl sites for hydroxylation is 1. The van der Waals surface area contributed by atoms with E-state index in [-0.39, 0.29) is 11.4 Å². The van der Waals surface area contributed by atoms with Gasteiger partial charge >= 0.3 is 0 Å². The molecule has 1 N–H and O–H groups in total. The number of hydrogen-bond acceptors (Lipinski definition) is 5. The van der Waals surface area contributed by atoms with E-state index in [1.165, 1.54) is 11.3 Å². The van der Waals surface area contributed by atoms with Gasteiger partial charge in [-0.15, -0.1) is 11.3 Å². The van der Waals surface area contributed by atoms with E-state index >= 15 is 0 Å². The van der Waals surface area contributed by atoms with Crippen molar-refractivity contribution in [2.24, 2.45) is 0 Å². The van der Waals surface area contributed by atoms with E-state index in [2.05, 4.69) is 24.3 Å². The molecule has 112 valence electrons. The molecular formula is C14H22N2O2S2. The van der Waals surface area contributed by atoms with Crippen LogP contribution in [0.1, 0.15) is 21.0 Å². The van der Waals surface area contributed by atoms with Crippen molar-refractivity contribution in [3.8, 4) is 5.75 Å². The fourth-order valence-corrected chi connectivity index (χ4v) is 4.82. The first-order chi connectivity index (χ1) is 9.48. The first kappa shape index (κ1) is 15.7. The first-order valence-corrected chi connectivity index (χ1v) is 8.63. The third-order valence-corrected chi connectivity index (χ3v) is 6.12. The van der Waals surface area contributed by atoms with Gasteiger partial charge in [0.25, 0.3) is 5.91 Å². The number of nitrogens with one attached hydrogen (secondary N) is 1. The molecule has 1 fully saturated rings. The Morgan fingerprint density at radius 1 is 1.55 bits per heavy atom. The average Bonchev–Trinajstić information content (AvgIpc) is 3.03. The lowest BCUT2D eigenvalue weighted by Gasteiger charge is -2.35. The van der Waals surface area contributed by atoms with Crippen molar-refractivity contribution in [2.75, 3.05) is 39.3 Å². The lowest BCUT2D eigenvalue weighted by molar-refractivity contribution is 0.0915. The van der Waals surface area contributed by atoms with Gasteiger partial charge in [-0.2, -0.15) is 11.8 Å². The second-order valence-corrected chi connectivity index (χ2v) is 7.72. The molecule has 0 radical (unpaired) electrons. The molecule has 1 aliphatic heterocycles. The fourth-order valence-electron chi connectivity index (χ4n) is 2.37. The third kappa shape index (κ3) is 3.13. The van der Waals surface area contributed by atoms with Crippen LogP contribution in [0.4, 0.5) is 0 Å². The molecule has 20 heavy (non-hydrogen) atoms. The Kier molecular flexibility index (Phi) is 4.99. The molecule has 4 nitrogen and oxygen atoms in total. The highest BCUT2D eigenvalue weighted by Gasteiger charge is 2.37. The van der Waals surface area contributed by atoms with Crippen LogP contribution in [0, 0.1) is 6.92 Å². The molecule has 0 aromatic carbocycles. The summed E-state index contributed by atoms with van der Waals surface area (Å²) in [6.45, 7) is 2.67. The van der Waals surface area contributed by atoms with Crippen LogP contribution in [-0.2, 0) is 0 Å². The number of methoxy groups -OCH3 is 1. The predicted molar refractivity (Wildman–Crippen MR) is 86.3 cm³/mol. The summed E-state index contributed by atoms with van der Waals surface area (Å²) in [6.07, 6.45) is 1.12. The number of likely N-dealkylation sites (N-methyl/N-ethyl adjacent to an activating group) is 1. The minimum atomic E-state index is -0.0296. The van der Waals surface area contributed by atoms with Gasteiger partial charge in [-0.3, -0.25) is 4.79 Å². The molecule has 6 heteroatoms. The lowest BCUT2D eigenvalue weighted by Crippen LogP contribution is -2.52. The van der Waals surface area contributed by atoms with Crippen LogP contribution in [0.3, 0.4) is 0 Å². The first-order valence-electron chi connectivity index (χ1n) is 6.66. The maximum atomic E-state index is 12.4. The highest BCUT2D eigenvalue weighted by atomic mass is 32.2. The Morgan fingerprint density at radius 3 is 2.85 bits per heavy atom. The van der Waals surface area contributed by atoms with E-state index in [0.717, 1.165) is 22.8 Å². The molecule has 0 aliphatic carbocycles. The van der Waals surface area contributed by atoms with Crippen molar-refractivity contribution in [1.29, 1.82) is 0 Å². The summed E-state index contributed by atoms with van der Waals surface area (Å²) < 4.78 is 5.27. The Labute approximate surface area is 128 Å². The zero-order valence-corrected chi connectivity index (χ0v) is 14.1. The quantitative estimate of drug-likeness (QED) is 0.905. The molecule has 1 aromatic rings. The summed E-state index contributed by atoms with van der Waals surface area (Å²) in [5, 5.41) is 3.09. The Balaban J connectivity index is 2.04. The largest absolute Gasteiger partial charge is 0.495 e. The molecule has 0 saturated carbocycles. The standard InChI is InChI=1S/C14H22N2O2S2/c1-10-7-11(18-4)12(20-10)13(17)15-8-14(16(2)3)5-6-19-9-14/h7H,5-6,8-9H2,1-4H3,(H,15,17)/t14-/m0/s1. The summed E-state index contributed by atoms with van der Waals surface area (Å²) >= 11 is 3.43. The minimum Gasteiger partial charge on any atom is -0.495 e. The van der Waals surface area contributed by atoms with Gasteiger partial charge in [-0.05, 0) is 39.3 Å². The molecule has 1 atom stereocenters. The van der Waals surface area contributed by atoms with Crippen molar-refractivity contribution >= 4 is 29.0 Å². The number of amides is 1. The van der Waals surface area contributed by atoms with Crippen molar-refractivity contribution < 1.29 is 9.53 Å². The SMILES string of the molecule is COc1cc(C)sc1C(=O)NC[C@@]1(N(C)C)CCSC1. The van der Waals surface area contributed by atoms with Crippen LogP contribution in [-0.4, -0.2) is 55.6 Å². The monoisotopic (exact) mass is 314 g/mol. The predicted octanol–water partition coefficient (Wildman–Crippen LogP) is 2.23. The van der Waals surface area contributed by atoms with Crippen molar-refractivity contribution in [3.63, 3.8) is 0 Å². The number of nitrogens with zero attached hydrogens (tertiary/aromatic N) is 1. The van der Waals surface area contributed by atoms with Crippen LogP contribution >= 0.6 is 23.1 Å². The van der Waals surface area contributed by atoms with Gasteiger partial charge in [0.05, 0.1) is 7.11 Å². The van der Waals surface area contributed by atoms with E-state index in [0.29, 0.717) is 17.2 Å². The molecule has 0 spiro atoms. The molecule has 1 amide bonds. The van der Waals surface area contributed by atoms with E-state index < -0.39 is 0 Å². The summed E-state index contributed by atoms with van der Waals surface area (Å²) in [4.78, 5) is 16.4. The number of hydrogen-bond donors (Lipinski definition) is 1. The Morgan fingerprint density at radius 2 is 2.30 bits per heavy atom. The zero-order valence-electron chi connectivity index (χ0n) is 12.5. The Bertz CT molecular complexity index is 480. The van der Waals surface area contributed by atoms with Crippen molar-refractivity contribution in [3.05, 3.63) is 15.8 Å². The normalized spacial score (nSPS) is 22.2. The topological polar surface area (TPSA) is 41.6 Å². The number of rotatable bonds is 5. The molecule has 2 rings (SSSR count). The van der Waals surface area contributed by atoms with E-state index in [1.807, 2.05) is 24.8 Å². The average molecular weight is 314 g/mol. The molecule has 0 bridgehead atoms. The summed E-state index contributed by atoms with van der Waals surface area (Å²) in [5.74, 6) is 2.87. The van der Waals surface area contributed by atoms with Gasteiger partial charge in [-0.25, -0.2) is 0 Å². The minimum absolute atomic E-state index is 0.0296. The number of carbonyl (C=O) groups is 1. The number of thiophene rings is 1. The van der Waals surface area contributed by atoms with Gasteiger partial charge in [0.1, 0.15) is 10.6 Å². The van der Waals surface area contributed by atoms with E-state index in [4.69, 9.17) is 4.74 Å². The maximum absolute atomic E-state index is 12.4. The van der Waals surface area contributed by atoms with Gasteiger partial charge in [-0.1, -0.05) is 0 Å². The van der Waals surface area contributed by atoms with Crippen LogP contribution in [0.25, 0.3) is 0 Å². The summed E-state index contributed by atoms with van der Waals surface area (Å²) in [6, 6.07) is 1.91. The van der Waals surface area contributed by atoms with Crippen LogP contribution < -0.4 is 10.1 Å². The maximum Gasteiger partial charge on any atom is 0.265 e. The fraction of sp³-hybridized carbons (Fsp3) is 0.643. The second kappa shape index (κ2) is 6.37. The highest BCUT2D eigenvalue weighted by Crippen LogP contribution is 2.32. The second-order valence-electron chi connectivity index (χ2n) is 5.36. The van der Waals surface area contributed by atoms with Crippen LogP contribution in [0.5, 0.6) is 5.75 Å². The number of ether oxygens (including phenoxy) is 1. The van der Waals surface area contributed by atoms with Gasteiger partial charge in [0, 0.05) is 22.7 Å². The molecule has 0 unspecified atom stereocenters. The zero-order chi connectivity index (χ0) is 14.8. The van der Waals surface area contributed by atoms with E-state index in [1.54, 1.807) is 7.11 Å². The molecule has 1 aliphatic rings. The van der Waals surface area contributed by atoms with Crippen LogP contribution in [0.2, 0.25) is 0 Å². The van der Waals surface area contributed by atoms with Crippen molar-refractivity contribution in [2.45, 2.75) is 18.9 Å². The lowest BCUT2D eigenvalue weighted by atomic mass is 9.97. The summed E-state index contributed by atoms with van der Waals surface area (Å²) in [7, 11) is 5.79. The van der Waals surface area contributed by atoms with Gasteiger partial charge in [0.15, 0.2) is 0 Å². The Hall–Kier alpha value is -0.720. The van der Waals surface area contributed by atoms with E-state index in [9.17, 15) is 4.79 Å². The summed E-state index contributed by atoms with van der Waals surface area (Å²) in [5.41, 5.74) is 0.0832. The molecule has 1 saturated heterocycles. The smallest absolute Gasteiger partial charge is 0.265 e. The number of carbonyl (C=O) groups excluding carboxylic acids is 1. The molecule has 2 heterocycles. The number of thioether (sulfide) groups is 1. The third-order valence-electron chi connectivity index (χ3n) is 3.86. The molecular weight excluding hydrogens is 292 g/mol. The van der Waals surface area contributed by atoms with Gasteiger partial charge in [0.2, 0.25) is 0 Å². The van der Waals surface area contributed by atoms with Crippen molar-refractivity contribution in [1.82, 2.24) is 10.2 Å². The highest BCUT2D eigenvalue weighted by molar-refractivity contribution is 7.99.